The summed E-state index contributed by atoms with van der Waals surface area (Å²) in [4.78, 5) is 28.4. The first-order chi connectivity index (χ1) is 65.2. The lowest BCUT2D eigenvalue weighted by Crippen LogP contribution is -2.69. The summed E-state index contributed by atoms with van der Waals surface area (Å²) in [5.74, 6) is -4.11. The van der Waals surface area contributed by atoms with Crippen LogP contribution in [0.2, 0.25) is 0 Å². The number of phosphoric ester groups is 4. The van der Waals surface area contributed by atoms with Crippen molar-refractivity contribution in [2.24, 2.45) is 0 Å². The number of methoxy groups -OCH3 is 1. The van der Waals surface area contributed by atoms with Crippen LogP contribution in [0.3, 0.4) is 0 Å². The van der Waals surface area contributed by atoms with Crippen LogP contribution in [0, 0.1) is 79.3 Å². The van der Waals surface area contributed by atoms with Crippen molar-refractivity contribution < 1.29 is 128 Å². The average molecular weight is 2090 g/mol. The van der Waals surface area contributed by atoms with Crippen molar-refractivity contribution >= 4 is 75.1 Å². The fourth-order valence-corrected chi connectivity index (χ4v) is 20.8. The molecule has 1 saturated heterocycles. The number of carbonyl (C=O) groups is 2. The maximum atomic E-state index is 17.3. The van der Waals surface area contributed by atoms with Crippen LogP contribution in [0.5, 0.6) is 11.5 Å². The maximum absolute atomic E-state index is 17.3. The fourth-order valence-electron chi connectivity index (χ4n) is 14.6. The minimum Gasteiger partial charge on any atom is -0.462 e. The molecule has 1 aliphatic carbocycles. The zero-order valence-electron chi connectivity index (χ0n) is 77.0. The van der Waals surface area contributed by atoms with E-state index in [2.05, 4.69) is 70.0 Å². The summed E-state index contributed by atoms with van der Waals surface area (Å²) in [5.41, 5.74) is -5.07. The Labute approximate surface area is 808 Å². The third-order valence-electron chi connectivity index (χ3n) is 21.3. The van der Waals surface area contributed by atoms with E-state index >= 15 is 31.4 Å². The monoisotopic (exact) mass is 2090 g/mol. The van der Waals surface area contributed by atoms with E-state index in [0.29, 0.717) is 31.7 Å². The Morgan fingerprint density at radius 3 is 1.22 bits per heavy atom. The van der Waals surface area contributed by atoms with Crippen molar-refractivity contribution in [1.29, 1.82) is 36.8 Å². The van der Waals surface area contributed by atoms with E-state index in [9.17, 15) is 46.4 Å². The van der Waals surface area contributed by atoms with Gasteiger partial charge in [-0.1, -0.05) is 209 Å². The highest BCUT2D eigenvalue weighted by Crippen LogP contribution is 2.65. The van der Waals surface area contributed by atoms with E-state index in [1.165, 1.54) is 100 Å². The van der Waals surface area contributed by atoms with Gasteiger partial charge >= 0.3 is 49.4 Å². The molecule has 0 radical (unpaired) electrons. The number of halogens is 5. The second-order valence-corrected chi connectivity index (χ2v) is 39.9. The number of fused-ring (bicyclic) bond motifs is 2. The summed E-state index contributed by atoms with van der Waals surface area (Å²) < 4.78 is 235. The van der Waals surface area contributed by atoms with Gasteiger partial charge in [0.1, 0.15) is 54.7 Å². The fraction of sp³-hybridized carbons (Fsp3) is 0.628. The number of ether oxygens (including phenoxy) is 7. The average Bonchev–Trinajstić information content (AvgIpc) is 0.702. The molecular formula is C94H126Br2F3N7O25P4. The summed E-state index contributed by atoms with van der Waals surface area (Å²) in [6.45, 7) is -4.09. The lowest BCUT2D eigenvalue weighted by atomic mass is 9.76. The van der Waals surface area contributed by atoms with Gasteiger partial charge in [-0.15, -0.1) is 0 Å². The zero-order chi connectivity index (χ0) is 98.0. The molecule has 0 aromatic heterocycles. The van der Waals surface area contributed by atoms with Gasteiger partial charge in [0.05, 0.1) is 159 Å². The van der Waals surface area contributed by atoms with Gasteiger partial charge in [-0.05, 0) is 105 Å². The van der Waals surface area contributed by atoms with Crippen LogP contribution in [0.1, 0.15) is 261 Å². The number of alkyl halides is 3. The highest BCUT2D eigenvalue weighted by Gasteiger charge is 2.66. The number of unbranched alkanes of at least 4 members (excludes halogenated alkanes) is 18. The quantitative estimate of drug-likeness (QED) is 0.0166. The van der Waals surface area contributed by atoms with Gasteiger partial charge in [0.25, 0.3) is 0 Å². The van der Waals surface area contributed by atoms with Crippen molar-refractivity contribution in [3.05, 3.63) is 140 Å². The van der Waals surface area contributed by atoms with Crippen LogP contribution in [-0.2, 0) is 122 Å². The van der Waals surface area contributed by atoms with Gasteiger partial charge in [-0.2, -0.15) is 50.0 Å². The number of nitrogens with zero attached hydrogens (tertiary/aromatic N) is 7. The molecule has 135 heavy (non-hydrogen) atoms. The summed E-state index contributed by atoms with van der Waals surface area (Å²) in [6, 6.07) is 25.0. The standard InChI is InChI=1S/C94H126Br2F3N7O25P4/c1-4-6-8-10-12-14-16-18-20-21-23-25-27-29-31-33-35-47-85(108)124-79(73-115-84(107)46-34-32-30-28-26-24-22-19-17-15-13-11-9-7-5-2)74-123-135(112,122-67-43-60-106)128-88-86(126-92(113-3)52-68-114-69-53-92)89(129-132(109,116-61-37-54-100)117-62-38-55-101)91(131-134(111,120-65-41-58-104)121-66-42-59-105)90(130-133(110,118-63-39-56-102)119-64-40-57-103)87(88)127-93(75-44-36-45-76(70-75)94(97,98)99)80-71-77(95)48-50-82(80)125-83-51-49-78(96)72-81(83)93/h12,14,18,20,23,25,29,31,36,44-45,48-51,70-72,79,86-91H,4-11,13,15-17,19,21-22,24,26-28,30,32-35,37-43,46-47,52-53,61-69,73-74H2,1-3H3/b14-12-,20-18-,25-23-,31-29-/t79-,86+,87+,88-,89+,90-,91-,135?/m1/s1. The predicted molar refractivity (Wildman–Crippen MR) is 497 cm³/mol. The molecule has 3 aliphatic rings. The van der Waals surface area contributed by atoms with E-state index in [0.717, 1.165) is 83.5 Å². The topological polar surface area (TPSA) is 444 Å². The molecule has 2 heterocycles. The molecule has 2 fully saturated rings. The number of phosphoric acid groups is 4. The Bertz CT molecular complexity index is 4610. The van der Waals surface area contributed by atoms with Crippen LogP contribution in [-0.4, -0.2) is 140 Å². The predicted octanol–water partition coefficient (Wildman–Crippen LogP) is 24.9. The van der Waals surface area contributed by atoms with Crippen LogP contribution >= 0.6 is 63.2 Å². The maximum Gasteiger partial charge on any atom is 0.475 e. The van der Waals surface area contributed by atoms with Gasteiger partial charge < -0.3 is 33.2 Å². The Kier molecular flexibility index (Phi) is 56.1. The molecule has 3 aromatic carbocycles. The molecule has 1 unspecified atom stereocenters. The number of benzene rings is 3. The van der Waals surface area contributed by atoms with Gasteiger partial charge in [-0.25, -0.2) is 18.3 Å². The molecule has 6 rings (SSSR count). The summed E-state index contributed by atoms with van der Waals surface area (Å²) in [7, 11) is -22.2. The largest absolute Gasteiger partial charge is 0.475 e. The van der Waals surface area contributed by atoms with Crippen molar-refractivity contribution in [2.75, 3.05) is 79.8 Å². The Morgan fingerprint density at radius 2 is 0.815 bits per heavy atom. The summed E-state index contributed by atoms with van der Waals surface area (Å²) in [5, 5.41) is 70.4. The smallest absolute Gasteiger partial charge is 0.462 e. The van der Waals surface area contributed by atoms with Crippen molar-refractivity contribution in [3.63, 3.8) is 0 Å². The molecule has 41 heteroatoms. The molecular weight excluding hydrogens is 1970 g/mol. The second kappa shape index (κ2) is 64.9. The van der Waals surface area contributed by atoms with Crippen molar-refractivity contribution in [1.82, 2.24) is 0 Å². The molecule has 2 aliphatic heterocycles. The molecule has 3 aromatic rings. The Balaban J connectivity index is 1.68. The van der Waals surface area contributed by atoms with E-state index in [-0.39, 0.29) is 76.9 Å². The van der Waals surface area contributed by atoms with E-state index < -0.39 is 219 Å². The van der Waals surface area contributed by atoms with E-state index in [1.54, 1.807) is 0 Å². The van der Waals surface area contributed by atoms with E-state index in [1.807, 2.05) is 66.8 Å². The molecule has 8 atom stereocenters. The summed E-state index contributed by atoms with van der Waals surface area (Å²) in [6.07, 6.45) is 10.8. The number of hydrogen-bond donors (Lipinski definition) is 0. The normalized spacial score (nSPS) is 18.3. The Hall–Kier alpha value is -7.18. The minimum absolute atomic E-state index is 0.0891. The van der Waals surface area contributed by atoms with Crippen molar-refractivity contribution in [2.45, 2.75) is 299 Å². The van der Waals surface area contributed by atoms with Gasteiger partial charge in [0, 0.05) is 52.9 Å². The molecule has 0 N–H and O–H groups in total. The van der Waals surface area contributed by atoms with Gasteiger partial charge in [0.2, 0.25) is 0 Å². The highest BCUT2D eigenvalue weighted by molar-refractivity contribution is 9.10. The van der Waals surface area contributed by atoms with Gasteiger partial charge in [-0.3, -0.25) is 63.9 Å². The minimum atomic E-state index is -6.03. The first-order valence-electron chi connectivity index (χ1n) is 46.0. The number of esters is 2. The molecule has 0 spiro atoms. The van der Waals surface area contributed by atoms with Crippen LogP contribution in [0.25, 0.3) is 0 Å². The second-order valence-electron chi connectivity index (χ2n) is 31.6. The Morgan fingerprint density at radius 1 is 0.452 bits per heavy atom. The van der Waals surface area contributed by atoms with Crippen molar-refractivity contribution in [3.8, 4) is 54.0 Å². The third-order valence-corrected chi connectivity index (χ3v) is 28.2. The number of carbonyl (C=O) groups excluding carboxylic acids is 2. The van der Waals surface area contributed by atoms with Crippen LogP contribution < -0.4 is 4.74 Å². The number of nitriles is 7. The van der Waals surface area contributed by atoms with Gasteiger partial charge in [0.15, 0.2) is 17.5 Å². The number of hydrogen-bond acceptors (Lipinski definition) is 32. The molecule has 742 valence electrons. The number of rotatable bonds is 71. The first-order valence-corrected chi connectivity index (χ1v) is 53.4. The lowest BCUT2D eigenvalue weighted by Gasteiger charge is -2.54. The third kappa shape index (κ3) is 42.0. The molecule has 0 bridgehead atoms. The SMILES string of the molecule is CCCCC/C=C\C/C=C\C/C=C\C/C=C\CCCC(=O)O[C@H](COC(=O)CCCCCCCCCCCCCCCCC)COP(=O)(OCCC#N)O[C@@H]1[C@H](OC2(OC)CCOCC2)[C@H](OP(=O)(OCCC#N)OCCC#N)[C@@H](OP(=O)(OCCC#N)OCCC#N)[C@H](OP(=O)(OCCC#N)OCCC#N)[C@H]1OC1(c2cccc(C(F)(F)F)c2)c2cc(Br)ccc2Oc2ccc(Br)cc21. The van der Waals surface area contributed by atoms with Crippen LogP contribution in [0.15, 0.2) is 118 Å². The molecule has 0 amide bonds. The lowest BCUT2D eigenvalue weighted by molar-refractivity contribution is -0.328. The molecule has 32 nitrogen and oxygen atoms in total. The van der Waals surface area contributed by atoms with Crippen LogP contribution in [0.4, 0.5) is 13.2 Å². The summed E-state index contributed by atoms with van der Waals surface area (Å²) >= 11 is 7.07. The number of allylic oxidation sites excluding steroid dienone is 8. The first kappa shape index (κ1) is 117. The molecule has 1 saturated carbocycles. The zero-order valence-corrected chi connectivity index (χ0v) is 83.7. The highest BCUT2D eigenvalue weighted by atomic mass is 79.9. The van der Waals surface area contributed by atoms with E-state index in [4.69, 9.17) is 87.4 Å².